The first kappa shape index (κ1) is 12.8. The zero-order chi connectivity index (χ0) is 14.9. The van der Waals surface area contributed by atoms with E-state index in [-0.39, 0.29) is 29.6 Å². The summed E-state index contributed by atoms with van der Waals surface area (Å²) in [4.78, 5) is 27.4. The minimum atomic E-state index is -0.535. The van der Waals surface area contributed by atoms with Crippen LogP contribution in [0.5, 0.6) is 0 Å². The molecule has 0 aromatic heterocycles. The number of carbonyl (C=O) groups excluding carboxylic acids is 2. The molecule has 1 aliphatic heterocycles. The second-order valence-corrected chi connectivity index (χ2v) is 6.85. The molecule has 108 valence electrons. The third-order valence-electron chi connectivity index (χ3n) is 5.93. The lowest BCUT2D eigenvalue weighted by Gasteiger charge is -2.28. The van der Waals surface area contributed by atoms with Gasteiger partial charge in [0.25, 0.3) is 0 Å². The SMILES string of the molecule is Cc1cccc(N2C(=O)[C@@H]3[C@@H]4C=C[C@@H](C4)[C@]3(C)C2=O)c1C. The smallest absolute Gasteiger partial charge is 0.241 e. The summed E-state index contributed by atoms with van der Waals surface area (Å²) in [6.45, 7) is 5.98. The van der Waals surface area contributed by atoms with Gasteiger partial charge in [0.15, 0.2) is 0 Å². The van der Waals surface area contributed by atoms with E-state index < -0.39 is 5.41 Å². The molecule has 1 aromatic rings. The Morgan fingerprint density at radius 1 is 1.19 bits per heavy atom. The Kier molecular flexibility index (Phi) is 2.35. The van der Waals surface area contributed by atoms with Gasteiger partial charge in [-0.05, 0) is 56.2 Å². The number of nitrogens with zero attached hydrogens (tertiary/aromatic N) is 1. The van der Waals surface area contributed by atoms with Gasteiger partial charge >= 0.3 is 0 Å². The Morgan fingerprint density at radius 2 is 1.95 bits per heavy atom. The molecule has 3 aliphatic rings. The molecule has 2 fully saturated rings. The number of anilines is 1. The molecular weight excluding hydrogens is 262 g/mol. The van der Waals surface area contributed by atoms with E-state index in [0.717, 1.165) is 23.2 Å². The van der Waals surface area contributed by atoms with Crippen LogP contribution < -0.4 is 4.90 Å². The molecular formula is C18H19NO2. The molecule has 2 amide bonds. The first-order chi connectivity index (χ1) is 9.96. The lowest BCUT2D eigenvalue weighted by atomic mass is 9.71. The van der Waals surface area contributed by atoms with E-state index in [4.69, 9.17) is 0 Å². The number of aryl methyl sites for hydroxylation is 1. The molecule has 1 aromatic carbocycles. The summed E-state index contributed by atoms with van der Waals surface area (Å²) in [6.07, 6.45) is 5.23. The van der Waals surface area contributed by atoms with Crippen LogP contribution in [0.3, 0.4) is 0 Å². The second kappa shape index (κ2) is 3.85. The lowest BCUT2D eigenvalue weighted by Crippen LogP contribution is -2.37. The van der Waals surface area contributed by atoms with Crippen molar-refractivity contribution in [3.05, 3.63) is 41.5 Å². The number of benzene rings is 1. The van der Waals surface area contributed by atoms with Gasteiger partial charge in [-0.25, -0.2) is 4.90 Å². The van der Waals surface area contributed by atoms with E-state index in [0.29, 0.717) is 0 Å². The van der Waals surface area contributed by atoms with Crippen LogP contribution in [0.25, 0.3) is 0 Å². The summed E-state index contributed by atoms with van der Waals surface area (Å²) in [5.74, 6) is 0.279. The number of carbonyl (C=O) groups is 2. The monoisotopic (exact) mass is 281 g/mol. The molecule has 0 radical (unpaired) electrons. The van der Waals surface area contributed by atoms with Crippen LogP contribution >= 0.6 is 0 Å². The topological polar surface area (TPSA) is 37.4 Å². The van der Waals surface area contributed by atoms with Crippen molar-refractivity contribution in [1.82, 2.24) is 0 Å². The van der Waals surface area contributed by atoms with Gasteiger partial charge in [-0.3, -0.25) is 9.59 Å². The Balaban J connectivity index is 1.85. The van der Waals surface area contributed by atoms with Crippen molar-refractivity contribution in [2.45, 2.75) is 27.2 Å². The second-order valence-electron chi connectivity index (χ2n) is 6.85. The van der Waals surface area contributed by atoms with Crippen LogP contribution in [0, 0.1) is 37.0 Å². The van der Waals surface area contributed by atoms with Crippen LogP contribution in [-0.2, 0) is 9.59 Å². The van der Waals surface area contributed by atoms with Crippen molar-refractivity contribution in [1.29, 1.82) is 0 Å². The van der Waals surface area contributed by atoms with E-state index in [1.54, 1.807) is 0 Å². The zero-order valence-electron chi connectivity index (χ0n) is 12.6. The number of hydrogen-bond acceptors (Lipinski definition) is 2. The maximum Gasteiger partial charge on any atom is 0.241 e. The van der Waals surface area contributed by atoms with Gasteiger partial charge in [-0.1, -0.05) is 24.3 Å². The molecule has 4 rings (SSSR count). The van der Waals surface area contributed by atoms with Crippen LogP contribution in [0.1, 0.15) is 24.5 Å². The average Bonchev–Trinajstić information content (AvgIpc) is 3.07. The van der Waals surface area contributed by atoms with Crippen molar-refractivity contribution < 1.29 is 9.59 Å². The molecule has 1 heterocycles. The molecule has 0 spiro atoms. The number of rotatable bonds is 1. The highest BCUT2D eigenvalue weighted by Crippen LogP contribution is 2.61. The van der Waals surface area contributed by atoms with Crippen molar-refractivity contribution in [3.8, 4) is 0 Å². The Labute approximate surface area is 124 Å². The molecule has 2 aliphatic carbocycles. The maximum atomic E-state index is 13.0. The fraction of sp³-hybridized carbons (Fsp3) is 0.444. The number of amides is 2. The first-order valence-corrected chi connectivity index (χ1v) is 7.59. The largest absolute Gasteiger partial charge is 0.274 e. The maximum absolute atomic E-state index is 13.0. The van der Waals surface area contributed by atoms with E-state index >= 15 is 0 Å². The summed E-state index contributed by atoms with van der Waals surface area (Å²) in [5, 5.41) is 0. The summed E-state index contributed by atoms with van der Waals surface area (Å²) >= 11 is 0. The Morgan fingerprint density at radius 3 is 2.67 bits per heavy atom. The van der Waals surface area contributed by atoms with Crippen LogP contribution in [0.2, 0.25) is 0 Å². The highest BCUT2D eigenvalue weighted by atomic mass is 16.2. The Bertz CT molecular complexity index is 705. The van der Waals surface area contributed by atoms with E-state index in [1.807, 2.05) is 39.0 Å². The van der Waals surface area contributed by atoms with Gasteiger partial charge in [-0.15, -0.1) is 0 Å². The van der Waals surface area contributed by atoms with Gasteiger partial charge in [0.05, 0.1) is 17.0 Å². The molecule has 0 unspecified atom stereocenters. The van der Waals surface area contributed by atoms with Crippen molar-refractivity contribution in [2.75, 3.05) is 4.90 Å². The molecule has 1 saturated carbocycles. The van der Waals surface area contributed by atoms with E-state index in [9.17, 15) is 9.59 Å². The van der Waals surface area contributed by atoms with Gasteiger partial charge in [0.1, 0.15) is 0 Å². The third-order valence-corrected chi connectivity index (χ3v) is 5.93. The summed E-state index contributed by atoms with van der Waals surface area (Å²) in [5.41, 5.74) is 2.35. The van der Waals surface area contributed by atoms with Crippen LogP contribution in [0.15, 0.2) is 30.4 Å². The molecule has 2 bridgehead atoms. The fourth-order valence-electron chi connectivity index (χ4n) is 4.51. The quantitative estimate of drug-likeness (QED) is 0.586. The molecule has 0 N–H and O–H groups in total. The molecule has 3 nitrogen and oxygen atoms in total. The number of imide groups is 1. The highest BCUT2D eigenvalue weighted by molar-refractivity contribution is 6.24. The molecule has 1 saturated heterocycles. The number of hydrogen-bond donors (Lipinski definition) is 0. The highest BCUT2D eigenvalue weighted by Gasteiger charge is 2.67. The molecule has 21 heavy (non-hydrogen) atoms. The fourth-order valence-corrected chi connectivity index (χ4v) is 4.51. The normalized spacial score (nSPS) is 36.7. The van der Waals surface area contributed by atoms with Crippen LogP contribution in [0.4, 0.5) is 5.69 Å². The predicted octanol–water partition coefficient (Wildman–Crippen LogP) is 3.01. The molecule has 4 atom stereocenters. The summed E-state index contributed by atoms with van der Waals surface area (Å²) in [7, 11) is 0. The molecule has 3 heteroatoms. The third kappa shape index (κ3) is 1.34. The number of allylic oxidation sites excluding steroid dienone is 2. The average molecular weight is 281 g/mol. The zero-order valence-corrected chi connectivity index (χ0v) is 12.6. The van der Waals surface area contributed by atoms with E-state index in [2.05, 4.69) is 12.2 Å². The van der Waals surface area contributed by atoms with Gasteiger partial charge < -0.3 is 0 Å². The summed E-state index contributed by atoms with van der Waals surface area (Å²) < 4.78 is 0. The Hall–Kier alpha value is -1.90. The minimum absolute atomic E-state index is 0.00644. The van der Waals surface area contributed by atoms with Crippen molar-refractivity contribution in [3.63, 3.8) is 0 Å². The lowest BCUT2D eigenvalue weighted by molar-refractivity contribution is -0.127. The standard InChI is InChI=1S/C18H19NO2/c1-10-5-4-6-14(11(10)2)19-16(20)15-12-7-8-13(9-12)18(15,3)17(19)21/h4-8,12-13,15H,9H2,1-3H3/t12-,13+,15+,18+/m1/s1. The van der Waals surface area contributed by atoms with Gasteiger partial charge in [0, 0.05) is 0 Å². The van der Waals surface area contributed by atoms with Crippen molar-refractivity contribution >= 4 is 17.5 Å². The summed E-state index contributed by atoms with van der Waals surface area (Å²) in [6, 6.07) is 5.82. The predicted molar refractivity (Wildman–Crippen MR) is 80.7 cm³/mol. The van der Waals surface area contributed by atoms with E-state index in [1.165, 1.54) is 4.90 Å². The van der Waals surface area contributed by atoms with Gasteiger partial charge in [0.2, 0.25) is 11.8 Å². The first-order valence-electron chi connectivity index (χ1n) is 7.59. The van der Waals surface area contributed by atoms with Gasteiger partial charge in [-0.2, -0.15) is 0 Å². The van der Waals surface area contributed by atoms with Crippen molar-refractivity contribution in [2.24, 2.45) is 23.2 Å². The minimum Gasteiger partial charge on any atom is -0.274 e. The van der Waals surface area contributed by atoms with Crippen LogP contribution in [-0.4, -0.2) is 11.8 Å². The number of fused-ring (bicyclic) bond motifs is 5.